The van der Waals surface area contributed by atoms with Gasteiger partial charge in [-0.2, -0.15) is 0 Å². The van der Waals surface area contributed by atoms with Gasteiger partial charge in [-0.05, 0) is 19.1 Å². The van der Waals surface area contributed by atoms with E-state index in [1.807, 2.05) is 0 Å². The molecule has 0 fully saturated rings. The number of hydrogen-bond acceptors (Lipinski definition) is 10. The normalized spacial score (nSPS) is 10.3. The van der Waals surface area contributed by atoms with Crippen LogP contribution in [0.2, 0.25) is 0 Å². The number of amides is 1. The van der Waals surface area contributed by atoms with Crippen LogP contribution in [0.4, 0.5) is 0 Å². The first-order valence-corrected chi connectivity index (χ1v) is 9.49. The van der Waals surface area contributed by atoms with E-state index in [4.69, 9.17) is 24.8 Å². The summed E-state index contributed by atoms with van der Waals surface area (Å²) in [6.45, 7) is 1.75. The third kappa shape index (κ3) is 5.44. The molecule has 0 saturated carbocycles. The molecule has 29 heavy (non-hydrogen) atoms. The molecule has 0 radical (unpaired) electrons. The fraction of sp³-hybridized carbons (Fsp3) is 0.412. The van der Waals surface area contributed by atoms with Crippen molar-refractivity contribution < 1.29 is 28.5 Å². The van der Waals surface area contributed by atoms with Crippen LogP contribution in [-0.2, 0) is 14.3 Å². The Bertz CT molecular complexity index is 847. The van der Waals surface area contributed by atoms with E-state index in [0.717, 1.165) is 11.8 Å². The summed E-state index contributed by atoms with van der Waals surface area (Å²) in [7, 11) is 4.52. The summed E-state index contributed by atoms with van der Waals surface area (Å²) in [5.74, 6) is 6.90. The van der Waals surface area contributed by atoms with Crippen molar-refractivity contribution in [3.63, 3.8) is 0 Å². The van der Waals surface area contributed by atoms with Gasteiger partial charge >= 0.3 is 5.97 Å². The van der Waals surface area contributed by atoms with Crippen molar-refractivity contribution in [3.05, 3.63) is 12.1 Å². The number of methoxy groups -OCH3 is 3. The standard InChI is InChI=1S/C17H23N5O6S/c1-5-28-14(24)8-19-13(23)9-29-17-21-20-16(22(17)18)10-6-11(25-2)15(27-4)12(7-10)26-3/h6-7H,5,8-9,18H2,1-4H3,(H,19,23). The van der Waals surface area contributed by atoms with Crippen molar-refractivity contribution in [2.75, 3.05) is 46.1 Å². The molecule has 0 aliphatic carbocycles. The van der Waals surface area contributed by atoms with Gasteiger partial charge in [-0.3, -0.25) is 9.59 Å². The first-order valence-electron chi connectivity index (χ1n) is 8.51. The van der Waals surface area contributed by atoms with E-state index in [1.165, 1.54) is 26.0 Å². The second kappa shape index (κ2) is 10.4. The number of carbonyl (C=O) groups is 2. The Labute approximate surface area is 171 Å². The van der Waals surface area contributed by atoms with Gasteiger partial charge in [-0.25, -0.2) is 4.68 Å². The molecule has 12 heteroatoms. The number of ether oxygens (including phenoxy) is 4. The zero-order valence-electron chi connectivity index (χ0n) is 16.6. The predicted molar refractivity (Wildman–Crippen MR) is 106 cm³/mol. The van der Waals surface area contributed by atoms with Gasteiger partial charge in [0, 0.05) is 5.56 Å². The molecule has 0 atom stereocenters. The zero-order chi connectivity index (χ0) is 21.4. The van der Waals surface area contributed by atoms with Crippen LogP contribution in [0.5, 0.6) is 17.2 Å². The van der Waals surface area contributed by atoms with Crippen LogP contribution in [0.25, 0.3) is 11.4 Å². The molecule has 0 saturated heterocycles. The van der Waals surface area contributed by atoms with E-state index in [1.54, 1.807) is 19.1 Å². The van der Waals surface area contributed by atoms with E-state index in [-0.39, 0.29) is 24.8 Å². The molecule has 2 rings (SSSR count). The third-order valence-electron chi connectivity index (χ3n) is 3.66. The largest absolute Gasteiger partial charge is 0.493 e. The highest BCUT2D eigenvalue weighted by Gasteiger charge is 2.19. The lowest BCUT2D eigenvalue weighted by Gasteiger charge is -2.13. The molecule has 0 bridgehead atoms. The SMILES string of the molecule is CCOC(=O)CNC(=O)CSc1nnc(-c2cc(OC)c(OC)c(OC)c2)n1N. The van der Waals surface area contributed by atoms with Crippen LogP contribution >= 0.6 is 11.8 Å². The predicted octanol–water partition coefficient (Wildman–Crippen LogP) is 0.456. The van der Waals surface area contributed by atoms with E-state index in [2.05, 4.69) is 15.5 Å². The summed E-state index contributed by atoms with van der Waals surface area (Å²) in [5.41, 5.74) is 0.591. The molecule has 1 aromatic heterocycles. The van der Waals surface area contributed by atoms with Crippen molar-refractivity contribution in [3.8, 4) is 28.6 Å². The molecule has 2 aromatic rings. The minimum atomic E-state index is -0.502. The minimum Gasteiger partial charge on any atom is -0.493 e. The number of rotatable bonds is 10. The summed E-state index contributed by atoms with van der Waals surface area (Å²) < 4.78 is 22.0. The van der Waals surface area contributed by atoms with Crippen molar-refractivity contribution in [1.82, 2.24) is 20.2 Å². The molecule has 0 aliphatic heterocycles. The van der Waals surface area contributed by atoms with Crippen molar-refractivity contribution >= 4 is 23.6 Å². The van der Waals surface area contributed by atoms with Gasteiger partial charge in [0.05, 0.1) is 33.7 Å². The number of carbonyl (C=O) groups excluding carboxylic acids is 2. The number of esters is 1. The molecule has 158 valence electrons. The Morgan fingerprint density at radius 2 is 1.79 bits per heavy atom. The van der Waals surface area contributed by atoms with Crippen LogP contribution in [0.3, 0.4) is 0 Å². The maximum absolute atomic E-state index is 11.9. The molecule has 0 spiro atoms. The number of thioether (sulfide) groups is 1. The molecule has 0 unspecified atom stereocenters. The Balaban J connectivity index is 2.11. The quantitative estimate of drug-likeness (QED) is 0.313. The number of hydrogen-bond donors (Lipinski definition) is 2. The van der Waals surface area contributed by atoms with E-state index in [0.29, 0.717) is 33.8 Å². The Kier molecular flexibility index (Phi) is 7.95. The molecular formula is C17H23N5O6S. The van der Waals surface area contributed by atoms with Gasteiger partial charge in [-0.15, -0.1) is 10.2 Å². The average Bonchev–Trinajstić information content (AvgIpc) is 3.10. The Hall–Kier alpha value is -3.15. The van der Waals surface area contributed by atoms with Gasteiger partial charge in [0.15, 0.2) is 17.3 Å². The summed E-state index contributed by atoms with van der Waals surface area (Å²) in [6, 6.07) is 3.38. The van der Waals surface area contributed by atoms with Crippen LogP contribution in [0.1, 0.15) is 6.92 Å². The molecule has 3 N–H and O–H groups in total. The molecular weight excluding hydrogens is 402 g/mol. The van der Waals surface area contributed by atoms with E-state index >= 15 is 0 Å². The lowest BCUT2D eigenvalue weighted by molar-refractivity contribution is -0.143. The molecule has 1 aromatic carbocycles. The average molecular weight is 425 g/mol. The van der Waals surface area contributed by atoms with Crippen LogP contribution in [0.15, 0.2) is 17.3 Å². The monoisotopic (exact) mass is 425 g/mol. The van der Waals surface area contributed by atoms with Gasteiger partial charge in [0.1, 0.15) is 6.54 Å². The first-order chi connectivity index (χ1) is 13.9. The number of nitrogens with two attached hydrogens (primary N) is 1. The van der Waals surface area contributed by atoms with E-state index in [9.17, 15) is 9.59 Å². The van der Waals surface area contributed by atoms with Crippen LogP contribution < -0.4 is 25.4 Å². The maximum atomic E-state index is 11.9. The minimum absolute atomic E-state index is 0.00396. The number of nitrogens with one attached hydrogen (secondary N) is 1. The molecule has 1 amide bonds. The van der Waals surface area contributed by atoms with E-state index < -0.39 is 5.97 Å². The lowest BCUT2D eigenvalue weighted by Crippen LogP contribution is -2.32. The van der Waals surface area contributed by atoms with Crippen molar-refractivity contribution in [2.45, 2.75) is 12.1 Å². The topological polar surface area (TPSA) is 140 Å². The Morgan fingerprint density at radius 3 is 2.34 bits per heavy atom. The van der Waals surface area contributed by atoms with Crippen molar-refractivity contribution in [2.24, 2.45) is 0 Å². The fourth-order valence-corrected chi connectivity index (χ4v) is 3.03. The van der Waals surface area contributed by atoms with Crippen LogP contribution in [-0.4, -0.2) is 67.0 Å². The highest BCUT2D eigenvalue weighted by molar-refractivity contribution is 7.99. The smallest absolute Gasteiger partial charge is 0.325 e. The summed E-state index contributed by atoms with van der Waals surface area (Å²) in [6.07, 6.45) is 0. The maximum Gasteiger partial charge on any atom is 0.325 e. The highest BCUT2D eigenvalue weighted by Crippen LogP contribution is 2.40. The first kappa shape index (κ1) is 22.1. The second-order valence-electron chi connectivity index (χ2n) is 5.46. The second-order valence-corrected chi connectivity index (χ2v) is 6.40. The third-order valence-corrected chi connectivity index (χ3v) is 4.60. The lowest BCUT2D eigenvalue weighted by atomic mass is 10.1. The number of nitrogen functional groups attached to an aromatic ring is 1. The molecule has 0 aliphatic rings. The highest BCUT2D eigenvalue weighted by atomic mass is 32.2. The van der Waals surface area contributed by atoms with Gasteiger partial charge in [0.25, 0.3) is 0 Å². The van der Waals surface area contributed by atoms with Gasteiger partial charge in [-0.1, -0.05) is 11.8 Å². The fourth-order valence-electron chi connectivity index (χ4n) is 2.35. The molecule has 11 nitrogen and oxygen atoms in total. The van der Waals surface area contributed by atoms with Gasteiger partial charge < -0.3 is 30.1 Å². The molecule has 1 heterocycles. The summed E-state index contributed by atoms with van der Waals surface area (Å²) in [5, 5.41) is 10.9. The summed E-state index contributed by atoms with van der Waals surface area (Å²) in [4.78, 5) is 23.1. The van der Waals surface area contributed by atoms with Crippen molar-refractivity contribution in [1.29, 1.82) is 0 Å². The number of nitrogens with zero attached hydrogens (tertiary/aromatic N) is 3. The Morgan fingerprint density at radius 1 is 1.14 bits per heavy atom. The van der Waals surface area contributed by atoms with Gasteiger partial charge in [0.2, 0.25) is 16.8 Å². The summed E-state index contributed by atoms with van der Waals surface area (Å²) >= 11 is 1.08. The van der Waals surface area contributed by atoms with Crippen LogP contribution in [0, 0.1) is 0 Å². The zero-order valence-corrected chi connectivity index (χ0v) is 17.4. The number of aromatic nitrogens is 3. The number of benzene rings is 1.